The Hall–Kier alpha value is -2.27. The molecule has 2 atom stereocenters. The lowest BCUT2D eigenvalue weighted by atomic mass is 9.94. The molecule has 3 rings (SSSR count). The second-order valence-corrected chi connectivity index (χ2v) is 6.77. The van der Waals surface area contributed by atoms with Crippen LogP contribution in [0.3, 0.4) is 0 Å². The summed E-state index contributed by atoms with van der Waals surface area (Å²) in [5.74, 6) is -0.851. The van der Waals surface area contributed by atoms with Crippen molar-refractivity contribution in [2.45, 2.75) is 43.7 Å². The molecule has 2 N–H and O–H groups in total. The lowest BCUT2D eigenvalue weighted by Crippen LogP contribution is -2.40. The Morgan fingerprint density at radius 2 is 1.84 bits per heavy atom. The third-order valence-corrected chi connectivity index (χ3v) is 4.77. The minimum Gasteiger partial charge on any atom is -0.388 e. The average Bonchev–Trinajstić information content (AvgIpc) is 3.37. The quantitative estimate of drug-likeness (QED) is 0.840. The zero-order valence-electron chi connectivity index (χ0n) is 14.0. The van der Waals surface area contributed by atoms with E-state index in [-0.39, 0.29) is 23.6 Å². The first kappa shape index (κ1) is 17.5. The number of carbonyl (C=O) groups is 1. The molecule has 2 aromatic carbocycles. The smallest absolute Gasteiger partial charge is 0.230 e. The van der Waals surface area contributed by atoms with Gasteiger partial charge in [0, 0.05) is 6.04 Å². The number of hydrogen-bond acceptors (Lipinski definition) is 2. The van der Waals surface area contributed by atoms with Crippen molar-refractivity contribution in [2.24, 2.45) is 0 Å². The minimum atomic E-state index is -0.791. The van der Waals surface area contributed by atoms with Gasteiger partial charge in [-0.3, -0.25) is 4.79 Å². The molecule has 1 saturated carbocycles. The van der Waals surface area contributed by atoms with E-state index in [1.54, 1.807) is 12.1 Å². The Balaban J connectivity index is 1.62. The van der Waals surface area contributed by atoms with Crippen molar-refractivity contribution < 1.29 is 18.7 Å². The fourth-order valence-electron chi connectivity index (χ4n) is 3.13. The number of hydrogen-bond donors (Lipinski definition) is 2. The van der Waals surface area contributed by atoms with Crippen LogP contribution >= 0.6 is 0 Å². The number of benzene rings is 2. The molecule has 0 spiro atoms. The maximum Gasteiger partial charge on any atom is 0.230 e. The van der Waals surface area contributed by atoms with Crippen LogP contribution in [0.4, 0.5) is 8.78 Å². The Kier molecular flexibility index (Phi) is 4.86. The van der Waals surface area contributed by atoms with Gasteiger partial charge in [0.25, 0.3) is 0 Å². The molecular weight excluding hydrogens is 324 g/mol. The Morgan fingerprint density at radius 1 is 1.16 bits per heavy atom. The van der Waals surface area contributed by atoms with Gasteiger partial charge in [-0.1, -0.05) is 24.3 Å². The molecule has 1 aliphatic carbocycles. The van der Waals surface area contributed by atoms with Gasteiger partial charge in [-0.15, -0.1) is 0 Å². The SMILES string of the molecule is CC(CC(O)c1ccc(F)cc1)NC(=O)C1(c2cccc(F)c2)CC1. The lowest BCUT2D eigenvalue weighted by Gasteiger charge is -2.22. The van der Waals surface area contributed by atoms with Crippen molar-refractivity contribution in [3.8, 4) is 0 Å². The molecule has 5 heteroatoms. The first-order valence-electron chi connectivity index (χ1n) is 8.41. The third kappa shape index (κ3) is 3.87. The maximum atomic E-state index is 13.4. The highest BCUT2D eigenvalue weighted by molar-refractivity contribution is 5.91. The van der Waals surface area contributed by atoms with E-state index in [0.29, 0.717) is 30.4 Å². The third-order valence-electron chi connectivity index (χ3n) is 4.77. The van der Waals surface area contributed by atoms with E-state index in [9.17, 15) is 18.7 Å². The number of carbonyl (C=O) groups excluding carboxylic acids is 1. The zero-order chi connectivity index (χ0) is 18.0. The molecule has 1 amide bonds. The predicted octanol–water partition coefficient (Wildman–Crippen LogP) is 3.62. The van der Waals surface area contributed by atoms with Crippen LogP contribution in [-0.4, -0.2) is 17.1 Å². The molecular formula is C20H21F2NO2. The molecule has 1 fully saturated rings. The monoisotopic (exact) mass is 345 g/mol. The van der Waals surface area contributed by atoms with E-state index < -0.39 is 11.5 Å². The van der Waals surface area contributed by atoms with Gasteiger partial charge < -0.3 is 10.4 Å². The van der Waals surface area contributed by atoms with E-state index in [4.69, 9.17) is 0 Å². The van der Waals surface area contributed by atoms with Gasteiger partial charge in [-0.2, -0.15) is 0 Å². The second-order valence-electron chi connectivity index (χ2n) is 6.77. The predicted molar refractivity (Wildman–Crippen MR) is 90.9 cm³/mol. The van der Waals surface area contributed by atoms with E-state index >= 15 is 0 Å². The summed E-state index contributed by atoms with van der Waals surface area (Å²) in [6.07, 6.45) is 0.905. The van der Waals surface area contributed by atoms with E-state index in [2.05, 4.69) is 5.32 Å². The van der Waals surface area contributed by atoms with Crippen LogP contribution in [0.25, 0.3) is 0 Å². The maximum absolute atomic E-state index is 13.4. The van der Waals surface area contributed by atoms with E-state index in [1.807, 2.05) is 6.92 Å². The standard InChI is InChI=1S/C20H21F2NO2/c1-13(11-18(24)14-5-7-16(21)8-6-14)23-19(25)20(9-10-20)15-3-2-4-17(22)12-15/h2-8,12-13,18,24H,9-11H2,1H3,(H,23,25). The highest BCUT2D eigenvalue weighted by Crippen LogP contribution is 2.48. The van der Waals surface area contributed by atoms with E-state index in [1.165, 1.54) is 36.4 Å². The van der Waals surface area contributed by atoms with Crippen LogP contribution in [0.5, 0.6) is 0 Å². The summed E-state index contributed by atoms with van der Waals surface area (Å²) >= 11 is 0. The van der Waals surface area contributed by atoms with Crippen LogP contribution in [0.1, 0.15) is 43.4 Å². The molecule has 25 heavy (non-hydrogen) atoms. The summed E-state index contributed by atoms with van der Waals surface area (Å²) in [6.45, 7) is 1.81. The molecule has 3 nitrogen and oxygen atoms in total. The Labute approximate surface area is 145 Å². The summed E-state index contributed by atoms with van der Waals surface area (Å²) < 4.78 is 26.4. The van der Waals surface area contributed by atoms with Gasteiger partial charge in [0.2, 0.25) is 5.91 Å². The summed E-state index contributed by atoms with van der Waals surface area (Å²) in [7, 11) is 0. The molecule has 2 aromatic rings. The van der Waals surface area contributed by atoms with Crippen molar-refractivity contribution >= 4 is 5.91 Å². The summed E-state index contributed by atoms with van der Waals surface area (Å²) in [4.78, 5) is 12.6. The van der Waals surface area contributed by atoms with Crippen LogP contribution in [-0.2, 0) is 10.2 Å². The summed E-state index contributed by atoms with van der Waals surface area (Å²) in [5.41, 5.74) is 0.641. The number of rotatable bonds is 6. The number of aliphatic hydroxyl groups is 1. The molecule has 2 unspecified atom stereocenters. The number of halogens is 2. The molecule has 0 aromatic heterocycles. The zero-order valence-corrected chi connectivity index (χ0v) is 14.0. The fourth-order valence-corrected chi connectivity index (χ4v) is 3.13. The molecule has 0 radical (unpaired) electrons. The molecule has 0 bridgehead atoms. The second kappa shape index (κ2) is 6.92. The average molecular weight is 345 g/mol. The highest BCUT2D eigenvalue weighted by Gasteiger charge is 2.51. The van der Waals surface area contributed by atoms with Gasteiger partial charge in [0.15, 0.2) is 0 Å². The van der Waals surface area contributed by atoms with Crippen molar-refractivity contribution in [3.05, 3.63) is 71.3 Å². The number of amides is 1. The van der Waals surface area contributed by atoms with Crippen molar-refractivity contribution in [1.82, 2.24) is 5.32 Å². The largest absolute Gasteiger partial charge is 0.388 e. The first-order valence-corrected chi connectivity index (χ1v) is 8.41. The normalized spacial score (nSPS) is 17.6. The summed E-state index contributed by atoms with van der Waals surface area (Å²) in [5, 5.41) is 13.2. The molecule has 0 saturated heterocycles. The highest BCUT2D eigenvalue weighted by atomic mass is 19.1. The van der Waals surface area contributed by atoms with Crippen LogP contribution in [0.15, 0.2) is 48.5 Å². The Bertz CT molecular complexity index is 757. The topological polar surface area (TPSA) is 49.3 Å². The molecule has 0 aliphatic heterocycles. The van der Waals surface area contributed by atoms with E-state index in [0.717, 1.165) is 0 Å². The van der Waals surface area contributed by atoms with Gasteiger partial charge >= 0.3 is 0 Å². The minimum absolute atomic E-state index is 0.142. The van der Waals surface area contributed by atoms with Crippen molar-refractivity contribution in [1.29, 1.82) is 0 Å². The lowest BCUT2D eigenvalue weighted by molar-refractivity contribution is -0.124. The molecule has 132 valence electrons. The van der Waals surface area contributed by atoms with Gasteiger partial charge in [-0.05, 0) is 61.6 Å². The number of aliphatic hydroxyl groups excluding tert-OH is 1. The van der Waals surface area contributed by atoms with Crippen LogP contribution in [0, 0.1) is 11.6 Å². The first-order chi connectivity index (χ1) is 11.9. The fraction of sp³-hybridized carbons (Fsp3) is 0.350. The van der Waals surface area contributed by atoms with Gasteiger partial charge in [-0.25, -0.2) is 8.78 Å². The Morgan fingerprint density at radius 3 is 2.44 bits per heavy atom. The van der Waals surface area contributed by atoms with Gasteiger partial charge in [0.05, 0.1) is 11.5 Å². The molecule has 1 aliphatic rings. The van der Waals surface area contributed by atoms with Crippen LogP contribution in [0.2, 0.25) is 0 Å². The number of nitrogens with one attached hydrogen (secondary N) is 1. The molecule has 0 heterocycles. The summed E-state index contributed by atoms with van der Waals surface area (Å²) in [6, 6.07) is 11.5. The van der Waals surface area contributed by atoms with Crippen LogP contribution < -0.4 is 5.32 Å². The van der Waals surface area contributed by atoms with Gasteiger partial charge in [0.1, 0.15) is 11.6 Å². The van der Waals surface area contributed by atoms with Crippen molar-refractivity contribution in [3.63, 3.8) is 0 Å². The van der Waals surface area contributed by atoms with Crippen molar-refractivity contribution in [2.75, 3.05) is 0 Å².